The molecule has 0 bridgehead atoms. The molecule has 2 atom stereocenters. The van der Waals surface area contributed by atoms with E-state index in [9.17, 15) is 0 Å². The summed E-state index contributed by atoms with van der Waals surface area (Å²) in [7, 11) is 0. The monoisotopic (exact) mass is 281 g/mol. The second-order valence-corrected chi connectivity index (χ2v) is 5.34. The molecular weight excluding hydrogens is 266 g/mol. The third kappa shape index (κ3) is 3.25. The SMILES string of the molecule is CCC(N)C(Oc1cccc(Cl)c1)c1ccsc1. The van der Waals surface area contributed by atoms with Crippen molar-refractivity contribution in [3.05, 3.63) is 51.7 Å². The minimum absolute atomic E-state index is 0.0291. The molecule has 0 radical (unpaired) electrons. The van der Waals surface area contributed by atoms with Crippen molar-refractivity contribution in [2.75, 3.05) is 0 Å². The molecule has 0 aliphatic rings. The van der Waals surface area contributed by atoms with Gasteiger partial charge in [-0.05, 0) is 41.4 Å². The number of hydrogen-bond acceptors (Lipinski definition) is 3. The number of nitrogens with two attached hydrogens (primary N) is 1. The number of halogens is 1. The first kappa shape index (κ1) is 13.4. The molecule has 0 aliphatic heterocycles. The Morgan fingerprint density at radius 2 is 2.22 bits per heavy atom. The molecule has 2 unspecified atom stereocenters. The summed E-state index contributed by atoms with van der Waals surface area (Å²) < 4.78 is 5.99. The summed E-state index contributed by atoms with van der Waals surface area (Å²) >= 11 is 7.61. The maximum Gasteiger partial charge on any atom is 0.140 e. The number of benzene rings is 1. The quantitative estimate of drug-likeness (QED) is 0.889. The second kappa shape index (κ2) is 6.23. The van der Waals surface area contributed by atoms with Crippen molar-refractivity contribution in [3.8, 4) is 5.75 Å². The molecule has 2 aromatic rings. The fraction of sp³-hybridized carbons (Fsp3) is 0.286. The third-order valence-electron chi connectivity index (χ3n) is 2.79. The molecule has 0 spiro atoms. The lowest BCUT2D eigenvalue weighted by atomic mass is 10.0. The van der Waals surface area contributed by atoms with Crippen molar-refractivity contribution in [2.24, 2.45) is 5.73 Å². The van der Waals surface area contributed by atoms with Crippen molar-refractivity contribution in [3.63, 3.8) is 0 Å². The van der Waals surface area contributed by atoms with Gasteiger partial charge in [-0.3, -0.25) is 0 Å². The van der Waals surface area contributed by atoms with Crippen LogP contribution < -0.4 is 10.5 Å². The van der Waals surface area contributed by atoms with Gasteiger partial charge in [0.05, 0.1) is 0 Å². The molecule has 0 saturated carbocycles. The lowest BCUT2D eigenvalue weighted by Gasteiger charge is -2.23. The van der Waals surface area contributed by atoms with Crippen LogP contribution in [-0.2, 0) is 0 Å². The molecule has 1 aromatic carbocycles. The molecule has 1 heterocycles. The minimum atomic E-state index is -0.125. The molecule has 1 aromatic heterocycles. The van der Waals surface area contributed by atoms with E-state index in [0.717, 1.165) is 17.7 Å². The van der Waals surface area contributed by atoms with Crippen LogP contribution in [0, 0.1) is 0 Å². The molecule has 0 aliphatic carbocycles. The van der Waals surface area contributed by atoms with E-state index in [0.29, 0.717) is 5.02 Å². The van der Waals surface area contributed by atoms with Gasteiger partial charge in [-0.15, -0.1) is 0 Å². The molecule has 18 heavy (non-hydrogen) atoms. The minimum Gasteiger partial charge on any atom is -0.484 e. The number of hydrogen-bond donors (Lipinski definition) is 1. The van der Waals surface area contributed by atoms with Gasteiger partial charge in [-0.1, -0.05) is 24.6 Å². The zero-order valence-corrected chi connectivity index (χ0v) is 11.7. The average Bonchev–Trinajstić information content (AvgIpc) is 2.89. The van der Waals surface area contributed by atoms with Gasteiger partial charge >= 0.3 is 0 Å². The van der Waals surface area contributed by atoms with Crippen LogP contribution in [0.4, 0.5) is 0 Å². The maximum atomic E-state index is 6.14. The van der Waals surface area contributed by atoms with Crippen LogP contribution in [0.5, 0.6) is 5.75 Å². The van der Waals surface area contributed by atoms with Crippen molar-refractivity contribution < 1.29 is 4.74 Å². The van der Waals surface area contributed by atoms with Crippen LogP contribution >= 0.6 is 22.9 Å². The molecule has 4 heteroatoms. The Labute approximate surface area is 116 Å². The van der Waals surface area contributed by atoms with E-state index in [-0.39, 0.29) is 12.1 Å². The predicted molar refractivity (Wildman–Crippen MR) is 77.4 cm³/mol. The van der Waals surface area contributed by atoms with E-state index >= 15 is 0 Å². The molecule has 2 rings (SSSR count). The van der Waals surface area contributed by atoms with Crippen LogP contribution in [0.2, 0.25) is 5.02 Å². The highest BCUT2D eigenvalue weighted by Crippen LogP contribution is 2.28. The van der Waals surface area contributed by atoms with Crippen molar-refractivity contribution in [1.29, 1.82) is 0 Å². The topological polar surface area (TPSA) is 35.2 Å². The van der Waals surface area contributed by atoms with Gasteiger partial charge in [0.25, 0.3) is 0 Å². The zero-order valence-electron chi connectivity index (χ0n) is 10.2. The van der Waals surface area contributed by atoms with E-state index in [1.165, 1.54) is 0 Å². The maximum absolute atomic E-state index is 6.14. The molecule has 96 valence electrons. The molecule has 2 nitrogen and oxygen atoms in total. The molecule has 0 fully saturated rings. The summed E-state index contributed by atoms with van der Waals surface area (Å²) in [5, 5.41) is 4.78. The summed E-state index contributed by atoms with van der Waals surface area (Å²) in [4.78, 5) is 0. The number of thiophene rings is 1. The van der Waals surface area contributed by atoms with Crippen LogP contribution in [0.25, 0.3) is 0 Å². The normalized spacial score (nSPS) is 14.2. The Morgan fingerprint density at radius 1 is 1.39 bits per heavy atom. The van der Waals surface area contributed by atoms with Gasteiger partial charge in [0.15, 0.2) is 0 Å². The number of ether oxygens (including phenoxy) is 1. The van der Waals surface area contributed by atoms with E-state index in [1.54, 1.807) is 11.3 Å². The summed E-state index contributed by atoms with van der Waals surface area (Å²) in [6.45, 7) is 2.06. The van der Waals surface area contributed by atoms with E-state index in [4.69, 9.17) is 22.1 Å². The van der Waals surface area contributed by atoms with Crippen molar-refractivity contribution in [1.82, 2.24) is 0 Å². The summed E-state index contributed by atoms with van der Waals surface area (Å²) in [6.07, 6.45) is 0.737. The highest BCUT2D eigenvalue weighted by molar-refractivity contribution is 7.07. The molecule has 0 saturated heterocycles. The van der Waals surface area contributed by atoms with Crippen molar-refractivity contribution in [2.45, 2.75) is 25.5 Å². The lowest BCUT2D eigenvalue weighted by Crippen LogP contribution is -2.31. The van der Waals surface area contributed by atoms with Crippen LogP contribution in [0.15, 0.2) is 41.1 Å². The first-order valence-corrected chi connectivity index (χ1v) is 7.22. The largest absolute Gasteiger partial charge is 0.484 e. The molecule has 0 amide bonds. The second-order valence-electron chi connectivity index (χ2n) is 4.12. The van der Waals surface area contributed by atoms with Gasteiger partial charge in [0.1, 0.15) is 11.9 Å². The highest BCUT2D eigenvalue weighted by atomic mass is 35.5. The van der Waals surface area contributed by atoms with Gasteiger partial charge in [0, 0.05) is 16.6 Å². The lowest BCUT2D eigenvalue weighted by molar-refractivity contribution is 0.171. The Kier molecular flexibility index (Phi) is 4.64. The first-order valence-electron chi connectivity index (χ1n) is 5.90. The van der Waals surface area contributed by atoms with Crippen LogP contribution in [0.1, 0.15) is 25.0 Å². The fourth-order valence-corrected chi connectivity index (χ4v) is 2.60. The van der Waals surface area contributed by atoms with Gasteiger partial charge in [-0.25, -0.2) is 0 Å². The van der Waals surface area contributed by atoms with E-state index < -0.39 is 0 Å². The summed E-state index contributed by atoms with van der Waals surface area (Å²) in [5.74, 6) is 0.752. The zero-order chi connectivity index (χ0) is 13.0. The van der Waals surface area contributed by atoms with Gasteiger partial charge in [-0.2, -0.15) is 11.3 Å². The Balaban J connectivity index is 2.20. The van der Waals surface area contributed by atoms with Crippen LogP contribution in [0.3, 0.4) is 0 Å². The van der Waals surface area contributed by atoms with Crippen molar-refractivity contribution >= 4 is 22.9 Å². The summed E-state index contributed by atoms with van der Waals surface area (Å²) in [5.41, 5.74) is 7.26. The first-order chi connectivity index (χ1) is 8.70. The van der Waals surface area contributed by atoms with E-state index in [1.807, 2.05) is 29.6 Å². The number of rotatable bonds is 5. The average molecular weight is 282 g/mol. The summed E-state index contributed by atoms with van der Waals surface area (Å²) in [6, 6.07) is 9.43. The smallest absolute Gasteiger partial charge is 0.140 e. The Morgan fingerprint density at radius 3 is 2.83 bits per heavy atom. The standard InChI is InChI=1S/C14H16ClNOS/c1-2-13(16)14(10-6-7-18-9-10)17-12-5-3-4-11(15)8-12/h3-9,13-14H,2,16H2,1H3. The fourth-order valence-electron chi connectivity index (χ4n) is 1.74. The third-order valence-corrected chi connectivity index (χ3v) is 3.73. The van der Waals surface area contributed by atoms with Crippen LogP contribution in [-0.4, -0.2) is 6.04 Å². The molecule has 2 N–H and O–H groups in total. The van der Waals surface area contributed by atoms with E-state index in [2.05, 4.69) is 18.4 Å². The predicted octanol–water partition coefficient (Wildman–Crippen LogP) is 4.26. The Hall–Kier alpha value is -1.03. The molecular formula is C14H16ClNOS. The Bertz CT molecular complexity index is 486. The van der Waals surface area contributed by atoms with Gasteiger partial charge < -0.3 is 10.5 Å². The highest BCUT2D eigenvalue weighted by Gasteiger charge is 2.20. The van der Waals surface area contributed by atoms with Gasteiger partial charge in [0.2, 0.25) is 0 Å².